The Labute approximate surface area is 144 Å². The first-order chi connectivity index (χ1) is 11.7. The van der Waals surface area contributed by atoms with Crippen LogP contribution in [0.2, 0.25) is 0 Å². The highest BCUT2D eigenvalue weighted by Crippen LogP contribution is 2.37. The van der Waals surface area contributed by atoms with Crippen molar-refractivity contribution in [1.29, 1.82) is 0 Å². The smallest absolute Gasteiger partial charge is 0.173 e. The van der Waals surface area contributed by atoms with Crippen molar-refractivity contribution in [3.8, 4) is 11.1 Å². The van der Waals surface area contributed by atoms with Crippen molar-refractivity contribution in [2.75, 3.05) is 5.75 Å². The summed E-state index contributed by atoms with van der Waals surface area (Å²) in [6.07, 6.45) is 0.921. The fourth-order valence-electron chi connectivity index (χ4n) is 3.09. The van der Waals surface area contributed by atoms with Crippen molar-refractivity contribution in [3.63, 3.8) is 0 Å². The van der Waals surface area contributed by atoms with E-state index in [0.717, 1.165) is 12.0 Å². The summed E-state index contributed by atoms with van der Waals surface area (Å²) in [5.74, 6) is -0.0184. The van der Waals surface area contributed by atoms with Crippen molar-refractivity contribution in [2.45, 2.75) is 11.3 Å². The molecule has 0 radical (unpaired) electrons. The van der Waals surface area contributed by atoms with Crippen LogP contribution in [0, 0.1) is 5.82 Å². The first-order valence-electron chi connectivity index (χ1n) is 7.84. The van der Waals surface area contributed by atoms with Crippen LogP contribution in [-0.4, -0.2) is 11.5 Å². The zero-order valence-electron chi connectivity index (χ0n) is 13.0. The molecule has 0 spiro atoms. The van der Waals surface area contributed by atoms with Gasteiger partial charge in [-0.3, -0.25) is 4.79 Å². The normalized spacial score (nSPS) is 11.9. The maximum absolute atomic E-state index is 13.7. The molecular formula is C21H15FOS. The minimum absolute atomic E-state index is 0.0236. The Balaban J connectivity index is 1.56. The van der Waals surface area contributed by atoms with Gasteiger partial charge in [0.2, 0.25) is 0 Å². The first kappa shape index (κ1) is 15.2. The molecule has 1 aliphatic carbocycles. The molecule has 3 heteroatoms. The van der Waals surface area contributed by atoms with E-state index in [1.54, 1.807) is 18.2 Å². The number of benzene rings is 3. The van der Waals surface area contributed by atoms with E-state index in [2.05, 4.69) is 12.1 Å². The van der Waals surface area contributed by atoms with Crippen LogP contribution in [0.4, 0.5) is 4.39 Å². The Kier molecular flexibility index (Phi) is 3.95. The van der Waals surface area contributed by atoms with Crippen molar-refractivity contribution < 1.29 is 9.18 Å². The maximum Gasteiger partial charge on any atom is 0.173 e. The summed E-state index contributed by atoms with van der Waals surface area (Å²) in [5.41, 5.74) is 5.61. The number of halogens is 1. The van der Waals surface area contributed by atoms with Gasteiger partial charge in [0.1, 0.15) is 5.82 Å². The average Bonchev–Trinajstić information content (AvgIpc) is 2.98. The highest BCUT2D eigenvalue weighted by atomic mass is 32.2. The molecule has 4 rings (SSSR count). The second kappa shape index (κ2) is 6.25. The molecule has 0 heterocycles. The summed E-state index contributed by atoms with van der Waals surface area (Å²) in [4.78, 5) is 13.0. The highest BCUT2D eigenvalue weighted by molar-refractivity contribution is 8.00. The Morgan fingerprint density at radius 2 is 1.67 bits per heavy atom. The van der Waals surface area contributed by atoms with Gasteiger partial charge in [-0.1, -0.05) is 48.5 Å². The van der Waals surface area contributed by atoms with E-state index in [4.69, 9.17) is 0 Å². The van der Waals surface area contributed by atoms with Crippen LogP contribution >= 0.6 is 11.8 Å². The highest BCUT2D eigenvalue weighted by Gasteiger charge is 2.19. The molecular weight excluding hydrogens is 319 g/mol. The molecule has 0 N–H and O–H groups in total. The lowest BCUT2D eigenvalue weighted by Gasteiger charge is -2.06. The summed E-state index contributed by atoms with van der Waals surface area (Å²) in [6, 6.07) is 20.7. The van der Waals surface area contributed by atoms with E-state index in [1.807, 2.05) is 30.3 Å². The van der Waals surface area contributed by atoms with Gasteiger partial charge in [-0.15, -0.1) is 11.8 Å². The van der Waals surface area contributed by atoms with Crippen LogP contribution in [0.5, 0.6) is 0 Å². The Hall–Kier alpha value is -2.39. The molecule has 0 aromatic heterocycles. The molecule has 3 aromatic rings. The molecule has 0 saturated heterocycles. The van der Waals surface area contributed by atoms with Crippen molar-refractivity contribution in [3.05, 3.63) is 89.2 Å². The fourth-order valence-corrected chi connectivity index (χ4v) is 3.92. The Morgan fingerprint density at radius 1 is 0.917 bits per heavy atom. The number of carbonyl (C=O) groups is 1. The molecule has 3 aromatic carbocycles. The fraction of sp³-hybridized carbons (Fsp3) is 0.0952. The van der Waals surface area contributed by atoms with Gasteiger partial charge in [-0.05, 0) is 46.9 Å². The molecule has 24 heavy (non-hydrogen) atoms. The third-order valence-corrected chi connectivity index (χ3v) is 5.36. The molecule has 118 valence electrons. The van der Waals surface area contributed by atoms with Gasteiger partial charge in [-0.25, -0.2) is 4.39 Å². The minimum Gasteiger partial charge on any atom is -0.293 e. The number of hydrogen-bond donors (Lipinski definition) is 0. The average molecular weight is 334 g/mol. The lowest BCUT2D eigenvalue weighted by Crippen LogP contribution is -2.03. The number of fused-ring (bicyclic) bond motifs is 3. The number of ketones is 1. The number of carbonyl (C=O) groups excluding carboxylic acids is 1. The predicted molar refractivity (Wildman–Crippen MR) is 96.1 cm³/mol. The van der Waals surface area contributed by atoms with Gasteiger partial charge in [0, 0.05) is 10.5 Å². The lowest BCUT2D eigenvalue weighted by atomic mass is 10.0. The van der Waals surface area contributed by atoms with Crippen LogP contribution < -0.4 is 0 Å². The first-order valence-corrected chi connectivity index (χ1v) is 8.82. The molecule has 1 aliphatic rings. The van der Waals surface area contributed by atoms with E-state index < -0.39 is 0 Å². The van der Waals surface area contributed by atoms with Crippen LogP contribution in [0.3, 0.4) is 0 Å². The van der Waals surface area contributed by atoms with Gasteiger partial charge in [0.15, 0.2) is 5.78 Å². The van der Waals surface area contributed by atoms with Gasteiger partial charge in [0.25, 0.3) is 0 Å². The predicted octanol–water partition coefficient (Wildman–Crippen LogP) is 5.37. The van der Waals surface area contributed by atoms with E-state index in [0.29, 0.717) is 10.5 Å². The zero-order chi connectivity index (χ0) is 16.5. The van der Waals surface area contributed by atoms with Crippen molar-refractivity contribution in [1.82, 2.24) is 0 Å². The Morgan fingerprint density at radius 3 is 2.54 bits per heavy atom. The molecule has 0 amide bonds. The van der Waals surface area contributed by atoms with Crippen LogP contribution in [0.1, 0.15) is 21.5 Å². The summed E-state index contributed by atoms with van der Waals surface area (Å²) in [6.45, 7) is 0. The number of Topliss-reactive ketones (excluding diaryl/α,β-unsaturated/α-hetero) is 1. The van der Waals surface area contributed by atoms with Crippen LogP contribution in [0.15, 0.2) is 71.6 Å². The number of thioether (sulfide) groups is 1. The van der Waals surface area contributed by atoms with Crippen LogP contribution in [-0.2, 0) is 6.42 Å². The van der Waals surface area contributed by atoms with Crippen LogP contribution in [0.25, 0.3) is 11.1 Å². The molecule has 1 nitrogen and oxygen atoms in total. The van der Waals surface area contributed by atoms with Gasteiger partial charge < -0.3 is 0 Å². The molecule has 0 unspecified atom stereocenters. The third kappa shape index (κ3) is 2.76. The van der Waals surface area contributed by atoms with Gasteiger partial charge >= 0.3 is 0 Å². The monoisotopic (exact) mass is 334 g/mol. The lowest BCUT2D eigenvalue weighted by molar-refractivity contribution is 0.102. The zero-order valence-corrected chi connectivity index (χ0v) is 13.8. The molecule has 0 saturated carbocycles. The van der Waals surface area contributed by atoms with Gasteiger partial charge in [-0.2, -0.15) is 0 Å². The van der Waals surface area contributed by atoms with E-state index in [-0.39, 0.29) is 17.4 Å². The SMILES string of the molecule is O=C(CSc1ccccc1F)c1ccc2c(c1)-c1ccccc1C2. The number of rotatable bonds is 4. The Bertz CT molecular complexity index is 933. The minimum atomic E-state index is -0.279. The molecule has 0 bridgehead atoms. The third-order valence-electron chi connectivity index (χ3n) is 4.32. The van der Waals surface area contributed by atoms with E-state index >= 15 is 0 Å². The quantitative estimate of drug-likeness (QED) is 0.368. The van der Waals surface area contributed by atoms with Gasteiger partial charge in [0.05, 0.1) is 5.75 Å². The second-order valence-electron chi connectivity index (χ2n) is 5.85. The summed E-state index contributed by atoms with van der Waals surface area (Å²) in [5, 5.41) is 0. The molecule has 0 atom stereocenters. The summed E-state index contributed by atoms with van der Waals surface area (Å²) >= 11 is 1.24. The molecule has 0 aliphatic heterocycles. The van der Waals surface area contributed by atoms with Crippen molar-refractivity contribution >= 4 is 17.5 Å². The standard InChI is InChI=1S/C21H15FOS/c22-19-7-3-4-8-21(19)24-13-20(23)16-10-9-15-11-14-5-1-2-6-17(14)18(15)12-16/h1-10,12H,11,13H2. The second-order valence-corrected chi connectivity index (χ2v) is 6.87. The van der Waals surface area contributed by atoms with E-state index in [9.17, 15) is 9.18 Å². The topological polar surface area (TPSA) is 17.1 Å². The number of hydrogen-bond acceptors (Lipinski definition) is 2. The van der Waals surface area contributed by atoms with E-state index in [1.165, 1.54) is 34.5 Å². The van der Waals surface area contributed by atoms with Crippen molar-refractivity contribution in [2.24, 2.45) is 0 Å². The summed E-state index contributed by atoms with van der Waals surface area (Å²) in [7, 11) is 0. The largest absolute Gasteiger partial charge is 0.293 e. The summed E-state index contributed by atoms with van der Waals surface area (Å²) < 4.78 is 13.7. The maximum atomic E-state index is 13.7. The molecule has 0 fully saturated rings.